The van der Waals surface area contributed by atoms with E-state index in [-0.39, 0.29) is 17.5 Å². The van der Waals surface area contributed by atoms with Gasteiger partial charge in [0.2, 0.25) is 5.91 Å². The van der Waals surface area contributed by atoms with E-state index in [2.05, 4.69) is 4.90 Å². The molecule has 12 heteroatoms. The Labute approximate surface area is 246 Å². The van der Waals surface area contributed by atoms with E-state index >= 15 is 0 Å². The second-order valence-electron chi connectivity index (χ2n) is 10.6. The first kappa shape index (κ1) is 31.5. The van der Waals surface area contributed by atoms with Crippen molar-refractivity contribution in [2.24, 2.45) is 0 Å². The summed E-state index contributed by atoms with van der Waals surface area (Å²) < 4.78 is 33.4. The average Bonchev–Trinajstić information content (AvgIpc) is 3.42. The van der Waals surface area contributed by atoms with Gasteiger partial charge in [0, 0.05) is 48.9 Å². The number of hydrogen-bond donors (Lipinski definition) is 1. The lowest BCUT2D eigenvalue weighted by atomic mass is 10.0. The number of alkyl halides is 3. The maximum atomic E-state index is 13.3. The lowest BCUT2D eigenvalue weighted by Gasteiger charge is -2.29. The third-order valence-electron chi connectivity index (χ3n) is 7.68. The van der Waals surface area contributed by atoms with Gasteiger partial charge in [0.15, 0.2) is 0 Å². The zero-order valence-electron chi connectivity index (χ0n) is 23.2. The number of carbonyl (C=O) groups is 2. The van der Waals surface area contributed by atoms with Gasteiger partial charge in [0.05, 0.1) is 17.6 Å². The highest BCUT2D eigenvalue weighted by Gasteiger charge is 2.38. The summed E-state index contributed by atoms with van der Waals surface area (Å²) in [5.74, 6) is -2.49. The van der Waals surface area contributed by atoms with Crippen LogP contribution in [0.5, 0.6) is 0 Å². The highest BCUT2D eigenvalue weighted by Crippen LogP contribution is 2.22. The molecule has 0 unspecified atom stereocenters. The summed E-state index contributed by atoms with van der Waals surface area (Å²) >= 11 is 6.06. The van der Waals surface area contributed by atoms with Crippen LogP contribution in [0.2, 0.25) is 5.02 Å². The molecule has 1 atom stereocenters. The summed E-state index contributed by atoms with van der Waals surface area (Å²) in [5, 5.41) is 14.3. The zero-order chi connectivity index (χ0) is 30.3. The Morgan fingerprint density at radius 3 is 2.24 bits per heavy atom. The van der Waals surface area contributed by atoms with Crippen molar-refractivity contribution >= 4 is 34.2 Å². The van der Waals surface area contributed by atoms with E-state index in [9.17, 15) is 22.8 Å². The highest BCUT2D eigenvalue weighted by molar-refractivity contribution is 6.30. The van der Waals surface area contributed by atoms with Crippen LogP contribution in [0.25, 0.3) is 10.8 Å². The van der Waals surface area contributed by atoms with E-state index in [4.69, 9.17) is 26.6 Å². The summed E-state index contributed by atoms with van der Waals surface area (Å²) in [6.45, 7) is 4.07. The largest absolute Gasteiger partial charge is 0.490 e. The molecule has 2 aliphatic heterocycles. The first-order valence-corrected chi connectivity index (χ1v) is 14.5. The summed E-state index contributed by atoms with van der Waals surface area (Å²) in [5.41, 5.74) is 1.96. The Kier molecular flexibility index (Phi) is 10.6. The number of amides is 1. The molecule has 3 heterocycles. The molecule has 0 bridgehead atoms. The van der Waals surface area contributed by atoms with Crippen LogP contribution < -0.4 is 5.56 Å². The van der Waals surface area contributed by atoms with Gasteiger partial charge in [-0.25, -0.2) is 9.48 Å². The smallest absolute Gasteiger partial charge is 0.475 e. The SMILES string of the molecule is O=C(CCN1CCC[C@@H]1Cn1nc(Cc2ccc(Cl)cc2)c2ccccc2c1=O)N1CCCCC1.O=C(O)C(F)(F)F. The number of aliphatic carboxylic acids is 1. The number of carboxylic acids is 1. The van der Waals surface area contributed by atoms with E-state index < -0.39 is 12.1 Å². The van der Waals surface area contributed by atoms with Crippen molar-refractivity contribution in [3.8, 4) is 0 Å². The van der Waals surface area contributed by atoms with Crippen LogP contribution in [-0.2, 0) is 22.6 Å². The minimum Gasteiger partial charge on any atom is -0.475 e. The van der Waals surface area contributed by atoms with Gasteiger partial charge in [0.25, 0.3) is 5.56 Å². The normalized spacial score (nSPS) is 17.6. The summed E-state index contributed by atoms with van der Waals surface area (Å²) in [6.07, 6.45) is 1.68. The molecule has 5 rings (SSSR count). The second-order valence-corrected chi connectivity index (χ2v) is 11.0. The molecular formula is C30H34ClF3N4O4. The minimum absolute atomic E-state index is 0.0447. The number of carbonyl (C=O) groups excluding carboxylic acids is 1. The summed E-state index contributed by atoms with van der Waals surface area (Å²) in [7, 11) is 0. The maximum Gasteiger partial charge on any atom is 0.490 e. The molecule has 3 aromatic rings. The molecule has 0 saturated carbocycles. The predicted octanol–water partition coefficient (Wildman–Crippen LogP) is 5.14. The number of hydrogen-bond acceptors (Lipinski definition) is 5. The minimum atomic E-state index is -5.08. The first-order chi connectivity index (χ1) is 20.0. The predicted molar refractivity (Wildman–Crippen MR) is 154 cm³/mol. The topological polar surface area (TPSA) is 95.7 Å². The average molecular weight is 607 g/mol. The van der Waals surface area contributed by atoms with Crippen molar-refractivity contribution in [2.75, 3.05) is 26.2 Å². The Bertz CT molecular complexity index is 1440. The summed E-state index contributed by atoms with van der Waals surface area (Å²) in [4.78, 5) is 39.3. The molecule has 42 heavy (non-hydrogen) atoms. The standard InChI is InChI=1S/C28H33ClN4O2.C2HF3O2/c29-22-12-10-21(11-13-22)19-26-24-8-2-3-9-25(24)28(35)33(30-26)20-23-7-6-17-31(23)18-14-27(34)32-15-4-1-5-16-32;3-2(4,5)1(6)7/h2-3,8-13,23H,1,4-7,14-20H2;(H,6,7)/t23-;/m1./s1. The van der Waals surface area contributed by atoms with Gasteiger partial charge in [-0.3, -0.25) is 14.5 Å². The number of carboxylic acid groups (broad SMARTS) is 1. The fourth-order valence-corrected chi connectivity index (χ4v) is 5.62. The number of fused-ring (bicyclic) bond motifs is 1. The third kappa shape index (κ3) is 8.32. The number of rotatable bonds is 7. The van der Waals surface area contributed by atoms with Gasteiger partial charge >= 0.3 is 12.1 Å². The molecule has 2 saturated heterocycles. The van der Waals surface area contributed by atoms with Crippen LogP contribution in [0.4, 0.5) is 13.2 Å². The lowest BCUT2D eigenvalue weighted by Crippen LogP contribution is -2.41. The third-order valence-corrected chi connectivity index (χ3v) is 7.93. The van der Waals surface area contributed by atoms with E-state index in [1.165, 1.54) is 6.42 Å². The monoisotopic (exact) mass is 606 g/mol. The van der Waals surface area contributed by atoms with Crippen molar-refractivity contribution in [3.05, 3.63) is 75.2 Å². The van der Waals surface area contributed by atoms with Crippen molar-refractivity contribution < 1.29 is 27.9 Å². The van der Waals surface area contributed by atoms with Gasteiger partial charge in [-0.05, 0) is 62.4 Å². The van der Waals surface area contributed by atoms with Crippen molar-refractivity contribution in [1.82, 2.24) is 19.6 Å². The van der Waals surface area contributed by atoms with E-state index in [1.54, 1.807) is 4.68 Å². The fraction of sp³-hybridized carbons (Fsp3) is 0.467. The van der Waals surface area contributed by atoms with Crippen LogP contribution in [0, 0.1) is 0 Å². The Morgan fingerprint density at radius 2 is 1.60 bits per heavy atom. The molecule has 2 fully saturated rings. The molecule has 0 aliphatic carbocycles. The van der Waals surface area contributed by atoms with Crippen LogP contribution in [0.3, 0.4) is 0 Å². The molecule has 0 spiro atoms. The Hall–Kier alpha value is -3.44. The van der Waals surface area contributed by atoms with Crippen LogP contribution >= 0.6 is 11.6 Å². The molecule has 1 amide bonds. The maximum absolute atomic E-state index is 13.3. The second kappa shape index (κ2) is 14.2. The summed E-state index contributed by atoms with van der Waals surface area (Å²) in [6, 6.07) is 15.7. The highest BCUT2D eigenvalue weighted by atomic mass is 35.5. The van der Waals surface area contributed by atoms with E-state index in [0.717, 1.165) is 68.5 Å². The van der Waals surface area contributed by atoms with Crippen LogP contribution in [0.1, 0.15) is 49.8 Å². The van der Waals surface area contributed by atoms with Crippen LogP contribution in [0.15, 0.2) is 53.3 Å². The number of halogens is 4. The van der Waals surface area contributed by atoms with Crippen LogP contribution in [-0.4, -0.2) is 75.0 Å². The van der Waals surface area contributed by atoms with E-state index in [1.807, 2.05) is 53.4 Å². The number of likely N-dealkylation sites (tertiary alicyclic amines) is 2. The van der Waals surface area contributed by atoms with Gasteiger partial charge in [-0.15, -0.1) is 0 Å². The molecule has 2 aromatic carbocycles. The van der Waals surface area contributed by atoms with Gasteiger partial charge < -0.3 is 10.0 Å². The van der Waals surface area contributed by atoms with E-state index in [0.29, 0.717) is 29.8 Å². The van der Waals surface area contributed by atoms with Gasteiger partial charge in [-0.2, -0.15) is 18.3 Å². The Morgan fingerprint density at radius 1 is 0.952 bits per heavy atom. The number of piperidine rings is 1. The molecule has 0 radical (unpaired) electrons. The lowest BCUT2D eigenvalue weighted by molar-refractivity contribution is -0.192. The first-order valence-electron chi connectivity index (χ1n) is 14.1. The molecule has 2 aliphatic rings. The number of nitrogens with zero attached hydrogens (tertiary/aromatic N) is 4. The Balaban J connectivity index is 0.000000517. The van der Waals surface area contributed by atoms with Crippen molar-refractivity contribution in [3.63, 3.8) is 0 Å². The van der Waals surface area contributed by atoms with Crippen molar-refractivity contribution in [2.45, 2.75) is 63.7 Å². The van der Waals surface area contributed by atoms with Crippen molar-refractivity contribution in [1.29, 1.82) is 0 Å². The van der Waals surface area contributed by atoms with Gasteiger partial charge in [-0.1, -0.05) is 41.9 Å². The zero-order valence-corrected chi connectivity index (χ0v) is 23.9. The fourth-order valence-electron chi connectivity index (χ4n) is 5.49. The quantitative estimate of drug-likeness (QED) is 0.400. The number of aromatic nitrogens is 2. The molecule has 1 aromatic heterocycles. The number of benzene rings is 2. The molecule has 226 valence electrons. The molecule has 1 N–H and O–H groups in total. The molecular weight excluding hydrogens is 573 g/mol. The van der Waals surface area contributed by atoms with Gasteiger partial charge in [0.1, 0.15) is 0 Å². The molecule has 8 nitrogen and oxygen atoms in total.